The number of hydrogen-bond donors (Lipinski definition) is 2. The molecule has 0 spiro atoms. The Bertz CT molecular complexity index is 255. The van der Waals surface area contributed by atoms with Crippen molar-refractivity contribution in [3.63, 3.8) is 0 Å². The maximum absolute atomic E-state index is 12.2. The second kappa shape index (κ2) is 9.35. The van der Waals surface area contributed by atoms with E-state index in [9.17, 15) is 4.79 Å². The molecule has 0 aliphatic heterocycles. The quantitative estimate of drug-likeness (QED) is 0.711. The Labute approximate surface area is 118 Å². The largest absolute Gasteiger partial charge is 0.356 e. The van der Waals surface area contributed by atoms with E-state index >= 15 is 0 Å². The molecular formula is C16H32N2O. The molecule has 0 heterocycles. The van der Waals surface area contributed by atoms with E-state index in [4.69, 9.17) is 5.73 Å². The second-order valence-corrected chi connectivity index (χ2v) is 6.03. The monoisotopic (exact) mass is 268 g/mol. The lowest BCUT2D eigenvalue weighted by atomic mass is 9.79. The average molecular weight is 268 g/mol. The number of nitrogens with one attached hydrogen (secondary N) is 1. The van der Waals surface area contributed by atoms with Gasteiger partial charge in [0.15, 0.2) is 0 Å². The first-order valence-electron chi connectivity index (χ1n) is 8.20. The van der Waals surface area contributed by atoms with Gasteiger partial charge in [-0.25, -0.2) is 0 Å². The molecule has 0 radical (unpaired) electrons. The minimum Gasteiger partial charge on any atom is -0.356 e. The van der Waals surface area contributed by atoms with Crippen molar-refractivity contribution < 1.29 is 4.79 Å². The highest BCUT2D eigenvalue weighted by Gasteiger charge is 2.25. The average Bonchev–Trinajstić information content (AvgIpc) is 2.46. The fourth-order valence-electron chi connectivity index (χ4n) is 3.21. The highest BCUT2D eigenvalue weighted by atomic mass is 16.1. The summed E-state index contributed by atoms with van der Waals surface area (Å²) in [7, 11) is 0. The van der Waals surface area contributed by atoms with Crippen molar-refractivity contribution in [3.8, 4) is 0 Å². The molecule has 3 heteroatoms. The van der Waals surface area contributed by atoms with E-state index in [1.807, 2.05) is 0 Å². The zero-order valence-corrected chi connectivity index (χ0v) is 12.8. The SMILES string of the molecule is CCCCC(CC)C(=O)NCC1CCCCC1CN. The van der Waals surface area contributed by atoms with Crippen molar-refractivity contribution in [2.24, 2.45) is 23.5 Å². The Morgan fingerprint density at radius 1 is 1.26 bits per heavy atom. The minimum atomic E-state index is 0.208. The number of hydrogen-bond acceptors (Lipinski definition) is 2. The molecule has 1 fully saturated rings. The summed E-state index contributed by atoms with van der Waals surface area (Å²) in [6.07, 6.45) is 9.38. The van der Waals surface area contributed by atoms with E-state index < -0.39 is 0 Å². The van der Waals surface area contributed by atoms with Gasteiger partial charge in [0.1, 0.15) is 0 Å². The summed E-state index contributed by atoms with van der Waals surface area (Å²) >= 11 is 0. The lowest BCUT2D eigenvalue weighted by molar-refractivity contribution is -0.125. The number of carbonyl (C=O) groups excluding carboxylic acids is 1. The molecular weight excluding hydrogens is 236 g/mol. The van der Waals surface area contributed by atoms with Gasteiger partial charge < -0.3 is 11.1 Å². The van der Waals surface area contributed by atoms with Crippen molar-refractivity contribution in [1.29, 1.82) is 0 Å². The number of carbonyl (C=O) groups is 1. The molecule has 1 aliphatic rings. The first-order valence-corrected chi connectivity index (χ1v) is 8.20. The molecule has 19 heavy (non-hydrogen) atoms. The number of unbranched alkanes of at least 4 members (excludes halogenated alkanes) is 1. The standard InChI is InChI=1S/C16H32N2O/c1-3-5-8-13(4-2)16(19)18-12-15-10-7-6-9-14(15)11-17/h13-15H,3-12,17H2,1-2H3,(H,18,19). The van der Waals surface area contributed by atoms with Crippen LogP contribution in [0.1, 0.15) is 65.2 Å². The Morgan fingerprint density at radius 2 is 1.95 bits per heavy atom. The summed E-state index contributed by atoms with van der Waals surface area (Å²) < 4.78 is 0. The van der Waals surface area contributed by atoms with Crippen LogP contribution < -0.4 is 11.1 Å². The first-order chi connectivity index (χ1) is 9.22. The summed E-state index contributed by atoms with van der Waals surface area (Å²) in [5.74, 6) is 1.69. The summed E-state index contributed by atoms with van der Waals surface area (Å²) in [4.78, 5) is 12.2. The third kappa shape index (κ3) is 5.52. The third-order valence-electron chi connectivity index (χ3n) is 4.68. The number of rotatable bonds is 8. The van der Waals surface area contributed by atoms with E-state index in [0.717, 1.165) is 32.4 Å². The van der Waals surface area contributed by atoms with Crippen LogP contribution in [0.5, 0.6) is 0 Å². The zero-order chi connectivity index (χ0) is 14.1. The van der Waals surface area contributed by atoms with Gasteiger partial charge in [-0.15, -0.1) is 0 Å². The Hall–Kier alpha value is -0.570. The minimum absolute atomic E-state index is 0.208. The second-order valence-electron chi connectivity index (χ2n) is 6.03. The molecule has 0 aromatic rings. The molecule has 3 N–H and O–H groups in total. The van der Waals surface area contributed by atoms with Crippen LogP contribution in [-0.2, 0) is 4.79 Å². The predicted octanol–water partition coefficient (Wildman–Crippen LogP) is 3.08. The van der Waals surface area contributed by atoms with Crippen molar-refractivity contribution in [3.05, 3.63) is 0 Å². The van der Waals surface area contributed by atoms with Crippen LogP contribution in [0, 0.1) is 17.8 Å². The molecule has 0 bridgehead atoms. The van der Waals surface area contributed by atoms with E-state index in [1.165, 1.54) is 32.1 Å². The van der Waals surface area contributed by atoms with Gasteiger partial charge in [-0.2, -0.15) is 0 Å². The molecule has 1 rings (SSSR count). The van der Waals surface area contributed by atoms with Gasteiger partial charge in [0, 0.05) is 12.5 Å². The van der Waals surface area contributed by atoms with Crippen molar-refractivity contribution in [2.45, 2.75) is 65.2 Å². The van der Waals surface area contributed by atoms with Crippen LogP contribution in [-0.4, -0.2) is 19.0 Å². The van der Waals surface area contributed by atoms with Crippen LogP contribution in [0.2, 0.25) is 0 Å². The number of amides is 1. The summed E-state index contributed by atoms with van der Waals surface area (Å²) in [5, 5.41) is 3.18. The number of nitrogens with two attached hydrogens (primary N) is 1. The van der Waals surface area contributed by atoms with Crippen LogP contribution in [0.15, 0.2) is 0 Å². The van der Waals surface area contributed by atoms with Crippen molar-refractivity contribution >= 4 is 5.91 Å². The third-order valence-corrected chi connectivity index (χ3v) is 4.68. The topological polar surface area (TPSA) is 55.1 Å². The van der Waals surface area contributed by atoms with Crippen LogP contribution in [0.4, 0.5) is 0 Å². The summed E-state index contributed by atoms with van der Waals surface area (Å²) in [5.41, 5.74) is 5.84. The van der Waals surface area contributed by atoms with E-state index in [0.29, 0.717) is 11.8 Å². The van der Waals surface area contributed by atoms with E-state index in [1.54, 1.807) is 0 Å². The van der Waals surface area contributed by atoms with Gasteiger partial charge >= 0.3 is 0 Å². The Kier molecular flexibility index (Phi) is 8.11. The highest BCUT2D eigenvalue weighted by molar-refractivity contribution is 5.78. The van der Waals surface area contributed by atoms with Crippen LogP contribution in [0.25, 0.3) is 0 Å². The van der Waals surface area contributed by atoms with Gasteiger partial charge in [0.2, 0.25) is 5.91 Å². The molecule has 0 saturated heterocycles. The molecule has 1 amide bonds. The lowest BCUT2D eigenvalue weighted by Crippen LogP contribution is -2.39. The van der Waals surface area contributed by atoms with E-state index in [-0.39, 0.29) is 11.8 Å². The van der Waals surface area contributed by atoms with E-state index in [2.05, 4.69) is 19.2 Å². The van der Waals surface area contributed by atoms with Gasteiger partial charge in [0.05, 0.1) is 0 Å². The molecule has 0 aromatic carbocycles. The molecule has 0 aromatic heterocycles. The maximum Gasteiger partial charge on any atom is 0.223 e. The molecule has 112 valence electrons. The molecule has 3 nitrogen and oxygen atoms in total. The fraction of sp³-hybridized carbons (Fsp3) is 0.938. The molecule has 3 atom stereocenters. The van der Waals surface area contributed by atoms with Crippen LogP contribution >= 0.6 is 0 Å². The predicted molar refractivity (Wildman–Crippen MR) is 80.8 cm³/mol. The lowest BCUT2D eigenvalue weighted by Gasteiger charge is -2.31. The molecule has 1 aliphatic carbocycles. The fourth-order valence-corrected chi connectivity index (χ4v) is 3.21. The summed E-state index contributed by atoms with van der Waals surface area (Å²) in [6, 6.07) is 0. The van der Waals surface area contributed by atoms with Gasteiger partial charge in [0.25, 0.3) is 0 Å². The van der Waals surface area contributed by atoms with Crippen LogP contribution in [0.3, 0.4) is 0 Å². The molecule has 3 unspecified atom stereocenters. The summed E-state index contributed by atoms with van der Waals surface area (Å²) in [6.45, 7) is 5.90. The smallest absolute Gasteiger partial charge is 0.223 e. The maximum atomic E-state index is 12.2. The molecule has 1 saturated carbocycles. The van der Waals surface area contributed by atoms with Crippen molar-refractivity contribution in [2.75, 3.05) is 13.1 Å². The van der Waals surface area contributed by atoms with Gasteiger partial charge in [-0.3, -0.25) is 4.79 Å². The first kappa shape index (κ1) is 16.5. The van der Waals surface area contributed by atoms with Gasteiger partial charge in [-0.05, 0) is 44.1 Å². The van der Waals surface area contributed by atoms with Gasteiger partial charge in [-0.1, -0.05) is 39.5 Å². The Balaban J connectivity index is 2.34. The van der Waals surface area contributed by atoms with Crippen molar-refractivity contribution in [1.82, 2.24) is 5.32 Å². The zero-order valence-electron chi connectivity index (χ0n) is 12.8. The highest BCUT2D eigenvalue weighted by Crippen LogP contribution is 2.28. The Morgan fingerprint density at radius 3 is 2.53 bits per heavy atom. The normalized spacial score (nSPS) is 25.0.